The van der Waals surface area contributed by atoms with Crippen molar-refractivity contribution in [3.05, 3.63) is 21.3 Å². The van der Waals surface area contributed by atoms with E-state index in [0.717, 1.165) is 10.8 Å². The van der Waals surface area contributed by atoms with Crippen molar-refractivity contribution in [3.8, 4) is 0 Å². The van der Waals surface area contributed by atoms with Gasteiger partial charge in [-0.25, -0.2) is 0 Å². The van der Waals surface area contributed by atoms with E-state index in [1.165, 1.54) is 4.88 Å². The van der Waals surface area contributed by atoms with Crippen LogP contribution < -0.4 is 5.32 Å². The maximum atomic E-state index is 11.1. The summed E-state index contributed by atoms with van der Waals surface area (Å²) in [6.45, 7) is 2.39. The average Bonchev–Trinajstić information content (AvgIpc) is 2.51. The summed E-state index contributed by atoms with van der Waals surface area (Å²) in [7, 11) is 0. The second-order valence-electron chi connectivity index (χ2n) is 2.92. The molecule has 1 amide bonds. The van der Waals surface area contributed by atoms with Crippen LogP contribution in [0.15, 0.2) is 12.1 Å². The van der Waals surface area contributed by atoms with Crippen LogP contribution in [0.2, 0.25) is 4.34 Å². The number of rotatable bonds is 4. The summed E-state index contributed by atoms with van der Waals surface area (Å²) < 4.78 is 0.786. The lowest BCUT2D eigenvalue weighted by Crippen LogP contribution is -2.31. The van der Waals surface area contributed by atoms with Crippen molar-refractivity contribution >= 4 is 41.5 Å². The maximum Gasteiger partial charge on any atom is 0.232 e. The minimum atomic E-state index is -0.248. The molecule has 14 heavy (non-hydrogen) atoms. The lowest BCUT2D eigenvalue weighted by molar-refractivity contribution is -0.120. The van der Waals surface area contributed by atoms with Gasteiger partial charge < -0.3 is 5.32 Å². The highest BCUT2D eigenvalue weighted by Gasteiger charge is 2.06. The Bertz CT molecular complexity index is 312. The highest BCUT2D eigenvalue weighted by atomic mass is 35.5. The number of hydrogen-bond acceptors (Lipinski definition) is 3. The Hall–Kier alpha value is -0.190. The Morgan fingerprint density at radius 3 is 2.93 bits per heavy atom. The third-order valence-corrected chi connectivity index (χ3v) is 3.20. The minimum Gasteiger partial charge on any atom is -0.355 e. The van der Waals surface area contributed by atoms with Crippen LogP contribution in [-0.2, 0) is 11.2 Å². The predicted molar refractivity (Wildman–Crippen MR) is 64.5 cm³/mol. The molecule has 0 radical (unpaired) electrons. The first-order valence-electron chi connectivity index (χ1n) is 4.29. The molecule has 1 aromatic heterocycles. The molecule has 0 fully saturated rings. The second kappa shape index (κ2) is 5.63. The Morgan fingerprint density at radius 1 is 1.71 bits per heavy atom. The molecule has 1 heterocycles. The third-order valence-electron chi connectivity index (χ3n) is 1.68. The number of nitrogens with one attached hydrogen (secondary N) is 1. The van der Waals surface area contributed by atoms with Crippen LogP contribution >= 0.6 is 35.6 Å². The van der Waals surface area contributed by atoms with Gasteiger partial charge in [-0.1, -0.05) is 11.6 Å². The minimum absolute atomic E-state index is 0.0315. The molecule has 0 spiro atoms. The zero-order chi connectivity index (χ0) is 10.6. The standard InChI is InChI=1S/C9H12ClNOS2/c1-6(13)9(12)11-5-4-7-2-3-8(10)14-7/h2-3,6,13H,4-5H2,1H3,(H,11,12). The second-order valence-corrected chi connectivity index (χ2v) is 5.50. The first-order valence-corrected chi connectivity index (χ1v) is 6.00. The molecule has 1 aromatic rings. The first-order chi connectivity index (χ1) is 6.59. The van der Waals surface area contributed by atoms with Crippen molar-refractivity contribution < 1.29 is 4.79 Å². The van der Waals surface area contributed by atoms with Crippen molar-refractivity contribution in [3.63, 3.8) is 0 Å². The van der Waals surface area contributed by atoms with Crippen LogP contribution in [0.1, 0.15) is 11.8 Å². The zero-order valence-electron chi connectivity index (χ0n) is 7.79. The molecule has 1 atom stereocenters. The topological polar surface area (TPSA) is 29.1 Å². The molecule has 0 aliphatic rings. The third kappa shape index (κ3) is 3.90. The van der Waals surface area contributed by atoms with E-state index in [0.29, 0.717) is 6.54 Å². The van der Waals surface area contributed by atoms with E-state index in [9.17, 15) is 4.79 Å². The SMILES string of the molecule is CC(S)C(=O)NCCc1ccc(Cl)s1. The molecule has 0 saturated heterocycles. The molecule has 1 N–H and O–H groups in total. The Labute approximate surface area is 98.1 Å². The largest absolute Gasteiger partial charge is 0.355 e. The summed E-state index contributed by atoms with van der Waals surface area (Å²) in [5, 5.41) is 2.54. The van der Waals surface area contributed by atoms with Crippen LogP contribution in [0.4, 0.5) is 0 Å². The van der Waals surface area contributed by atoms with E-state index in [1.807, 2.05) is 12.1 Å². The molecule has 0 saturated carbocycles. The molecule has 2 nitrogen and oxygen atoms in total. The number of halogens is 1. The van der Waals surface area contributed by atoms with E-state index in [2.05, 4.69) is 17.9 Å². The molecular formula is C9H12ClNOS2. The van der Waals surface area contributed by atoms with Gasteiger partial charge in [0.1, 0.15) is 0 Å². The Kier molecular flexibility index (Phi) is 4.78. The fraction of sp³-hybridized carbons (Fsp3) is 0.444. The van der Waals surface area contributed by atoms with Crippen molar-refractivity contribution in [2.24, 2.45) is 0 Å². The van der Waals surface area contributed by atoms with Gasteiger partial charge in [0.15, 0.2) is 0 Å². The maximum absolute atomic E-state index is 11.1. The number of thiol groups is 1. The molecule has 0 bridgehead atoms. The summed E-state index contributed by atoms with van der Waals surface area (Å²) in [5.41, 5.74) is 0. The molecule has 0 aliphatic heterocycles. The van der Waals surface area contributed by atoms with Crippen LogP contribution in [-0.4, -0.2) is 17.7 Å². The quantitative estimate of drug-likeness (QED) is 0.789. The van der Waals surface area contributed by atoms with Crippen molar-refractivity contribution in [2.45, 2.75) is 18.6 Å². The van der Waals surface area contributed by atoms with E-state index >= 15 is 0 Å². The average molecular weight is 250 g/mol. The van der Waals surface area contributed by atoms with Gasteiger partial charge in [-0.3, -0.25) is 4.79 Å². The lowest BCUT2D eigenvalue weighted by Gasteiger charge is -2.05. The molecule has 1 unspecified atom stereocenters. The van der Waals surface area contributed by atoms with Crippen LogP contribution in [0, 0.1) is 0 Å². The van der Waals surface area contributed by atoms with Gasteiger partial charge in [0, 0.05) is 11.4 Å². The van der Waals surface area contributed by atoms with Crippen LogP contribution in [0.25, 0.3) is 0 Å². The Morgan fingerprint density at radius 2 is 2.43 bits per heavy atom. The first kappa shape index (κ1) is 11.9. The molecular weight excluding hydrogens is 238 g/mol. The highest BCUT2D eigenvalue weighted by Crippen LogP contribution is 2.21. The molecule has 78 valence electrons. The molecule has 0 aromatic carbocycles. The predicted octanol–water partition coefficient (Wildman–Crippen LogP) is 2.38. The number of carbonyl (C=O) groups is 1. The van der Waals surface area contributed by atoms with Crippen LogP contribution in [0.5, 0.6) is 0 Å². The van der Waals surface area contributed by atoms with Gasteiger partial charge in [0.25, 0.3) is 0 Å². The fourth-order valence-electron chi connectivity index (χ4n) is 0.943. The van der Waals surface area contributed by atoms with E-state index in [1.54, 1.807) is 18.3 Å². The monoisotopic (exact) mass is 249 g/mol. The zero-order valence-corrected chi connectivity index (χ0v) is 10.3. The van der Waals surface area contributed by atoms with Gasteiger partial charge in [0.2, 0.25) is 5.91 Å². The Balaban J connectivity index is 2.25. The van der Waals surface area contributed by atoms with Gasteiger partial charge in [-0.05, 0) is 25.5 Å². The summed E-state index contributed by atoms with van der Waals surface area (Å²) >= 11 is 11.3. The number of carbonyl (C=O) groups excluding carboxylic acids is 1. The summed E-state index contributed by atoms with van der Waals surface area (Å²) in [6.07, 6.45) is 0.823. The normalized spacial score (nSPS) is 12.5. The van der Waals surface area contributed by atoms with Crippen LogP contribution in [0.3, 0.4) is 0 Å². The fourth-order valence-corrected chi connectivity index (χ4v) is 2.12. The van der Waals surface area contributed by atoms with E-state index in [4.69, 9.17) is 11.6 Å². The van der Waals surface area contributed by atoms with Gasteiger partial charge in [-0.2, -0.15) is 12.6 Å². The highest BCUT2D eigenvalue weighted by molar-refractivity contribution is 7.81. The van der Waals surface area contributed by atoms with E-state index < -0.39 is 0 Å². The van der Waals surface area contributed by atoms with Gasteiger partial charge in [0.05, 0.1) is 9.59 Å². The summed E-state index contributed by atoms with van der Waals surface area (Å²) in [4.78, 5) is 12.3. The number of hydrogen-bond donors (Lipinski definition) is 2. The van der Waals surface area contributed by atoms with Crippen molar-refractivity contribution in [1.82, 2.24) is 5.32 Å². The van der Waals surface area contributed by atoms with Gasteiger partial charge >= 0.3 is 0 Å². The number of amides is 1. The van der Waals surface area contributed by atoms with Crippen molar-refractivity contribution in [1.29, 1.82) is 0 Å². The number of thiophene rings is 1. The summed E-state index contributed by atoms with van der Waals surface area (Å²) in [5.74, 6) is -0.0315. The summed E-state index contributed by atoms with van der Waals surface area (Å²) in [6, 6.07) is 3.84. The molecule has 0 aliphatic carbocycles. The van der Waals surface area contributed by atoms with Crippen molar-refractivity contribution in [2.75, 3.05) is 6.54 Å². The molecule has 5 heteroatoms. The molecule has 1 rings (SSSR count). The van der Waals surface area contributed by atoms with Gasteiger partial charge in [-0.15, -0.1) is 11.3 Å². The lowest BCUT2D eigenvalue weighted by atomic mass is 10.3. The van der Waals surface area contributed by atoms with E-state index in [-0.39, 0.29) is 11.2 Å². The smallest absolute Gasteiger partial charge is 0.232 e.